The molecule has 20 heavy (non-hydrogen) atoms. The molecule has 0 atom stereocenters. The minimum absolute atomic E-state index is 0.209. The molecule has 0 spiro atoms. The van der Waals surface area contributed by atoms with Crippen LogP contribution in [-0.4, -0.2) is 26.2 Å². The fraction of sp³-hybridized carbons (Fsp3) is 0.200. The van der Waals surface area contributed by atoms with Gasteiger partial charge in [0.25, 0.3) is 5.91 Å². The fourth-order valence-corrected chi connectivity index (χ4v) is 2.34. The Morgan fingerprint density at radius 3 is 2.50 bits per heavy atom. The lowest BCUT2D eigenvalue weighted by atomic mass is 10.2. The lowest BCUT2D eigenvalue weighted by Gasteiger charge is -2.12. The van der Waals surface area contributed by atoms with Gasteiger partial charge in [0.05, 0.1) is 6.21 Å². The van der Waals surface area contributed by atoms with E-state index < -0.39 is 0 Å². The van der Waals surface area contributed by atoms with Crippen molar-refractivity contribution in [2.75, 3.05) is 19.0 Å². The number of hydrazone groups is 1. The molecule has 1 aromatic carbocycles. The van der Waals surface area contributed by atoms with Crippen molar-refractivity contribution in [3.63, 3.8) is 0 Å². The van der Waals surface area contributed by atoms with E-state index in [1.165, 1.54) is 4.88 Å². The lowest BCUT2D eigenvalue weighted by Crippen LogP contribution is -2.17. The topological polar surface area (TPSA) is 44.7 Å². The normalized spacial score (nSPS) is 10.8. The van der Waals surface area contributed by atoms with Gasteiger partial charge < -0.3 is 4.90 Å². The first-order valence-corrected chi connectivity index (χ1v) is 7.11. The molecule has 2 rings (SSSR count). The summed E-state index contributed by atoms with van der Waals surface area (Å²) in [4.78, 5) is 15.1. The van der Waals surface area contributed by atoms with E-state index >= 15 is 0 Å². The molecule has 0 aliphatic rings. The molecule has 0 saturated heterocycles. The van der Waals surface area contributed by atoms with Crippen molar-refractivity contribution in [3.05, 3.63) is 51.7 Å². The third kappa shape index (κ3) is 3.45. The van der Waals surface area contributed by atoms with Gasteiger partial charge in [0.15, 0.2) is 0 Å². The monoisotopic (exact) mass is 287 g/mol. The Bertz CT molecular complexity index is 614. The van der Waals surface area contributed by atoms with Gasteiger partial charge in [0.2, 0.25) is 0 Å². The number of anilines is 1. The third-order valence-corrected chi connectivity index (χ3v) is 3.78. The van der Waals surface area contributed by atoms with Crippen LogP contribution < -0.4 is 10.3 Å². The van der Waals surface area contributed by atoms with Crippen molar-refractivity contribution in [2.24, 2.45) is 5.10 Å². The maximum absolute atomic E-state index is 11.9. The Hall–Kier alpha value is -2.14. The maximum atomic E-state index is 11.9. The van der Waals surface area contributed by atoms with Crippen molar-refractivity contribution in [1.82, 2.24) is 5.43 Å². The molecule has 0 saturated carbocycles. The number of hydrogen-bond acceptors (Lipinski definition) is 4. The second-order valence-corrected chi connectivity index (χ2v) is 5.69. The minimum atomic E-state index is -0.209. The first kappa shape index (κ1) is 14.3. The summed E-state index contributed by atoms with van der Waals surface area (Å²) in [5.74, 6) is -0.209. The molecule has 1 heterocycles. The molecular weight excluding hydrogens is 270 g/mol. The van der Waals surface area contributed by atoms with Crippen LogP contribution in [0.1, 0.15) is 20.8 Å². The third-order valence-electron chi connectivity index (χ3n) is 2.91. The Morgan fingerprint density at radius 1 is 1.25 bits per heavy atom. The van der Waals surface area contributed by atoms with Crippen LogP contribution in [0.25, 0.3) is 0 Å². The molecule has 104 valence electrons. The quantitative estimate of drug-likeness (QED) is 0.694. The average Bonchev–Trinajstić information content (AvgIpc) is 2.84. The highest BCUT2D eigenvalue weighted by Crippen LogP contribution is 2.13. The second kappa shape index (κ2) is 6.34. The van der Waals surface area contributed by atoms with Gasteiger partial charge in [-0.05, 0) is 42.6 Å². The van der Waals surface area contributed by atoms with Crippen LogP contribution in [0.4, 0.5) is 5.69 Å². The van der Waals surface area contributed by atoms with Crippen LogP contribution in [0.2, 0.25) is 0 Å². The minimum Gasteiger partial charge on any atom is -0.378 e. The van der Waals surface area contributed by atoms with Crippen molar-refractivity contribution >= 4 is 29.1 Å². The molecule has 1 amide bonds. The number of carbonyl (C=O) groups is 1. The molecule has 1 N–H and O–H groups in total. The Balaban J connectivity index is 1.98. The molecule has 0 aliphatic carbocycles. The van der Waals surface area contributed by atoms with Crippen LogP contribution in [0.15, 0.2) is 40.8 Å². The predicted octanol–water partition coefficient (Wildman–Crippen LogP) is 2.89. The first-order valence-electron chi connectivity index (χ1n) is 6.23. The maximum Gasteiger partial charge on any atom is 0.271 e. The number of benzene rings is 1. The van der Waals surface area contributed by atoms with E-state index in [4.69, 9.17) is 0 Å². The molecule has 5 heteroatoms. The first-order chi connectivity index (χ1) is 9.58. The molecule has 0 fully saturated rings. The molecule has 0 bridgehead atoms. The van der Waals surface area contributed by atoms with E-state index in [2.05, 4.69) is 10.5 Å². The number of thiophene rings is 1. The standard InChI is InChI=1S/C15H17N3OS/c1-11-13(8-9-20-11)10-16-17-15(19)12-4-6-14(7-5-12)18(2)3/h4-10H,1-3H3,(H,17,19)/b16-10+. The van der Waals surface area contributed by atoms with Crippen LogP contribution in [0, 0.1) is 6.92 Å². The highest BCUT2D eigenvalue weighted by Gasteiger charge is 2.04. The second-order valence-electron chi connectivity index (χ2n) is 4.57. The number of rotatable bonds is 4. The van der Waals surface area contributed by atoms with Gasteiger partial charge in [-0.3, -0.25) is 4.79 Å². The van der Waals surface area contributed by atoms with Gasteiger partial charge >= 0.3 is 0 Å². The molecule has 2 aromatic rings. The zero-order chi connectivity index (χ0) is 14.5. The Morgan fingerprint density at radius 2 is 1.95 bits per heavy atom. The number of carbonyl (C=O) groups excluding carboxylic acids is 1. The van der Waals surface area contributed by atoms with Gasteiger partial charge in [0.1, 0.15) is 0 Å². The van der Waals surface area contributed by atoms with Gasteiger partial charge in [-0.1, -0.05) is 0 Å². The van der Waals surface area contributed by atoms with Crippen LogP contribution in [0.3, 0.4) is 0 Å². The van der Waals surface area contributed by atoms with Crippen molar-refractivity contribution in [3.8, 4) is 0 Å². The van der Waals surface area contributed by atoms with Gasteiger partial charge in [0, 0.05) is 35.8 Å². The summed E-state index contributed by atoms with van der Waals surface area (Å²) in [5, 5.41) is 5.98. The zero-order valence-corrected chi connectivity index (χ0v) is 12.6. The summed E-state index contributed by atoms with van der Waals surface area (Å²) in [7, 11) is 3.92. The summed E-state index contributed by atoms with van der Waals surface area (Å²) in [5.41, 5.74) is 5.21. The highest BCUT2D eigenvalue weighted by atomic mass is 32.1. The number of aryl methyl sites for hydroxylation is 1. The van der Waals surface area contributed by atoms with E-state index in [-0.39, 0.29) is 5.91 Å². The van der Waals surface area contributed by atoms with E-state index in [1.54, 1.807) is 29.7 Å². The molecule has 4 nitrogen and oxygen atoms in total. The summed E-state index contributed by atoms with van der Waals surface area (Å²) < 4.78 is 0. The number of amides is 1. The number of nitrogens with one attached hydrogen (secondary N) is 1. The molecule has 1 aromatic heterocycles. The van der Waals surface area contributed by atoms with Crippen LogP contribution in [0.5, 0.6) is 0 Å². The predicted molar refractivity (Wildman–Crippen MR) is 84.9 cm³/mol. The Labute approximate surface area is 122 Å². The number of nitrogens with zero attached hydrogens (tertiary/aromatic N) is 2. The summed E-state index contributed by atoms with van der Waals surface area (Å²) >= 11 is 1.66. The van der Waals surface area contributed by atoms with E-state index in [0.29, 0.717) is 5.56 Å². The van der Waals surface area contributed by atoms with Crippen molar-refractivity contribution in [1.29, 1.82) is 0 Å². The van der Waals surface area contributed by atoms with E-state index in [0.717, 1.165) is 11.3 Å². The van der Waals surface area contributed by atoms with Crippen LogP contribution in [-0.2, 0) is 0 Å². The van der Waals surface area contributed by atoms with Crippen molar-refractivity contribution in [2.45, 2.75) is 6.92 Å². The van der Waals surface area contributed by atoms with Gasteiger partial charge in [-0.25, -0.2) is 5.43 Å². The van der Waals surface area contributed by atoms with Gasteiger partial charge in [-0.15, -0.1) is 11.3 Å². The van der Waals surface area contributed by atoms with Crippen molar-refractivity contribution < 1.29 is 4.79 Å². The smallest absolute Gasteiger partial charge is 0.271 e. The molecule has 0 radical (unpaired) electrons. The average molecular weight is 287 g/mol. The Kier molecular flexibility index (Phi) is 4.53. The largest absolute Gasteiger partial charge is 0.378 e. The molecule has 0 aliphatic heterocycles. The number of hydrogen-bond donors (Lipinski definition) is 1. The van der Waals surface area contributed by atoms with E-state index in [1.807, 2.05) is 49.5 Å². The zero-order valence-electron chi connectivity index (χ0n) is 11.8. The molecular formula is C15H17N3OS. The fourth-order valence-electron chi connectivity index (χ4n) is 1.66. The lowest BCUT2D eigenvalue weighted by molar-refractivity contribution is 0.0955. The van der Waals surface area contributed by atoms with Gasteiger partial charge in [-0.2, -0.15) is 5.10 Å². The summed E-state index contributed by atoms with van der Waals surface area (Å²) in [6.07, 6.45) is 1.66. The highest BCUT2D eigenvalue weighted by molar-refractivity contribution is 7.10. The van der Waals surface area contributed by atoms with E-state index in [9.17, 15) is 4.79 Å². The summed E-state index contributed by atoms with van der Waals surface area (Å²) in [6, 6.07) is 9.36. The van der Waals surface area contributed by atoms with Crippen LogP contribution >= 0.6 is 11.3 Å². The molecule has 0 unspecified atom stereocenters. The SMILES string of the molecule is Cc1sccc1/C=N/NC(=O)c1ccc(N(C)C)cc1. The summed E-state index contributed by atoms with van der Waals surface area (Å²) in [6.45, 7) is 2.02.